The van der Waals surface area contributed by atoms with Gasteiger partial charge in [0, 0.05) is 22.0 Å². The van der Waals surface area contributed by atoms with Crippen molar-refractivity contribution in [2.45, 2.75) is 32.7 Å². The third kappa shape index (κ3) is 5.18. The maximum absolute atomic E-state index is 13.2. The van der Waals surface area contributed by atoms with Crippen LogP contribution in [0.1, 0.15) is 60.4 Å². The van der Waals surface area contributed by atoms with Crippen LogP contribution in [-0.2, 0) is 19.4 Å². The number of hydrogen-bond donors (Lipinski definition) is 2. The van der Waals surface area contributed by atoms with E-state index in [0.29, 0.717) is 40.4 Å². The van der Waals surface area contributed by atoms with E-state index in [1.807, 2.05) is 12.1 Å². The maximum Gasteiger partial charge on any atom is 0.339 e. The lowest BCUT2D eigenvalue weighted by molar-refractivity contribution is 0.0696. The molecule has 0 unspecified atom stereocenters. The Bertz CT molecular complexity index is 1290. The summed E-state index contributed by atoms with van der Waals surface area (Å²) in [4.78, 5) is 40.5. The van der Waals surface area contributed by atoms with Crippen LogP contribution in [-0.4, -0.2) is 41.4 Å². The smallest absolute Gasteiger partial charge is 0.339 e. The van der Waals surface area contributed by atoms with Gasteiger partial charge in [0.2, 0.25) is 0 Å². The second kappa shape index (κ2) is 10.5. The predicted molar refractivity (Wildman–Crippen MR) is 136 cm³/mol. The Kier molecular flexibility index (Phi) is 7.42. The zero-order valence-corrected chi connectivity index (χ0v) is 21.0. The standard InChI is InChI=1S/C26H25ClN2O5S/c1-3-4-15-5-7-16(8-6-15)23(30)28-24-22(26(32)33)19-11-12-29(14-21(19)35-24)25(31)18-10-9-17(27)13-20(18)34-2/h5-10,13H,3-4,11-12,14H2,1-2H3,(H,28,30)(H,32,33). The molecule has 7 nitrogen and oxygen atoms in total. The largest absolute Gasteiger partial charge is 0.496 e. The summed E-state index contributed by atoms with van der Waals surface area (Å²) < 4.78 is 5.31. The highest BCUT2D eigenvalue weighted by Gasteiger charge is 2.31. The molecule has 0 aliphatic carbocycles. The van der Waals surface area contributed by atoms with Crippen molar-refractivity contribution in [1.82, 2.24) is 4.90 Å². The third-order valence-electron chi connectivity index (χ3n) is 5.93. The minimum absolute atomic E-state index is 0.0946. The summed E-state index contributed by atoms with van der Waals surface area (Å²) in [5.74, 6) is -1.32. The first-order valence-corrected chi connectivity index (χ1v) is 12.4. The molecule has 0 fully saturated rings. The van der Waals surface area contributed by atoms with Crippen LogP contribution < -0.4 is 10.1 Å². The molecule has 1 aromatic heterocycles. The van der Waals surface area contributed by atoms with Gasteiger partial charge in [-0.25, -0.2) is 4.79 Å². The molecule has 0 radical (unpaired) electrons. The molecule has 1 aliphatic heterocycles. The number of thiophene rings is 1. The average Bonchev–Trinajstić information content (AvgIpc) is 3.21. The van der Waals surface area contributed by atoms with Crippen molar-refractivity contribution in [3.8, 4) is 5.75 Å². The highest BCUT2D eigenvalue weighted by atomic mass is 35.5. The molecule has 0 atom stereocenters. The highest BCUT2D eigenvalue weighted by Crippen LogP contribution is 2.38. The number of ether oxygens (including phenoxy) is 1. The van der Waals surface area contributed by atoms with Crippen LogP contribution in [0.2, 0.25) is 5.02 Å². The number of hydrogen-bond acceptors (Lipinski definition) is 5. The number of aryl methyl sites for hydroxylation is 1. The molecule has 3 aromatic rings. The number of nitrogens with one attached hydrogen (secondary N) is 1. The number of carboxylic acids is 1. The Hall–Kier alpha value is -3.36. The van der Waals surface area contributed by atoms with Gasteiger partial charge in [0.15, 0.2) is 0 Å². The van der Waals surface area contributed by atoms with Crippen molar-refractivity contribution in [3.05, 3.63) is 80.2 Å². The lowest BCUT2D eigenvalue weighted by atomic mass is 10.0. The Balaban J connectivity index is 1.57. The second-order valence-corrected chi connectivity index (χ2v) is 9.78. The summed E-state index contributed by atoms with van der Waals surface area (Å²) in [7, 11) is 1.47. The van der Waals surface area contributed by atoms with Crippen LogP contribution in [0.15, 0.2) is 42.5 Å². The first-order chi connectivity index (χ1) is 16.8. The number of benzene rings is 2. The number of fused-ring (bicyclic) bond motifs is 1. The number of aromatic carboxylic acids is 1. The summed E-state index contributed by atoms with van der Waals surface area (Å²) >= 11 is 7.21. The fraction of sp³-hybridized carbons (Fsp3) is 0.269. The van der Waals surface area contributed by atoms with Gasteiger partial charge in [-0.3, -0.25) is 9.59 Å². The van der Waals surface area contributed by atoms with E-state index in [1.165, 1.54) is 18.4 Å². The minimum Gasteiger partial charge on any atom is -0.496 e. The van der Waals surface area contributed by atoms with Gasteiger partial charge in [0.1, 0.15) is 10.8 Å². The van der Waals surface area contributed by atoms with Crippen LogP contribution >= 0.6 is 22.9 Å². The molecular formula is C26H25ClN2O5S. The van der Waals surface area contributed by atoms with Crippen molar-refractivity contribution in [1.29, 1.82) is 0 Å². The van der Waals surface area contributed by atoms with Gasteiger partial charge < -0.3 is 20.1 Å². The van der Waals surface area contributed by atoms with E-state index in [-0.39, 0.29) is 28.9 Å². The van der Waals surface area contributed by atoms with Gasteiger partial charge in [0.25, 0.3) is 11.8 Å². The van der Waals surface area contributed by atoms with E-state index in [0.717, 1.165) is 23.3 Å². The van der Waals surface area contributed by atoms with E-state index < -0.39 is 5.97 Å². The number of halogens is 1. The Labute approximate surface area is 212 Å². The monoisotopic (exact) mass is 512 g/mol. The van der Waals surface area contributed by atoms with Gasteiger partial charge >= 0.3 is 5.97 Å². The SMILES string of the molecule is CCCc1ccc(C(=O)Nc2sc3c(c2C(=O)O)CCN(C(=O)c2ccc(Cl)cc2OC)C3)cc1. The molecule has 35 heavy (non-hydrogen) atoms. The van der Waals surface area contributed by atoms with Gasteiger partial charge in [-0.15, -0.1) is 11.3 Å². The van der Waals surface area contributed by atoms with Crippen molar-refractivity contribution in [3.63, 3.8) is 0 Å². The normalized spacial score (nSPS) is 12.7. The number of nitrogens with zero attached hydrogens (tertiary/aromatic N) is 1. The molecule has 0 spiro atoms. The first kappa shape index (κ1) is 24.8. The van der Waals surface area contributed by atoms with Crippen LogP contribution in [0, 0.1) is 0 Å². The quantitative estimate of drug-likeness (QED) is 0.435. The molecule has 1 aliphatic rings. The first-order valence-electron chi connectivity index (χ1n) is 11.2. The number of amides is 2. The summed E-state index contributed by atoms with van der Waals surface area (Å²) in [6.07, 6.45) is 2.31. The summed E-state index contributed by atoms with van der Waals surface area (Å²) in [5.41, 5.74) is 2.74. The highest BCUT2D eigenvalue weighted by molar-refractivity contribution is 7.17. The van der Waals surface area contributed by atoms with E-state index in [2.05, 4.69) is 12.2 Å². The molecule has 182 valence electrons. The van der Waals surface area contributed by atoms with Gasteiger partial charge in [-0.1, -0.05) is 37.1 Å². The zero-order valence-electron chi connectivity index (χ0n) is 19.4. The molecule has 4 rings (SSSR count). The molecule has 9 heteroatoms. The average molecular weight is 513 g/mol. The second-order valence-electron chi connectivity index (χ2n) is 8.24. The summed E-state index contributed by atoms with van der Waals surface area (Å²) in [6, 6.07) is 12.1. The van der Waals surface area contributed by atoms with E-state index in [9.17, 15) is 19.5 Å². The molecule has 2 amide bonds. The summed E-state index contributed by atoms with van der Waals surface area (Å²) in [6.45, 7) is 2.68. The number of methoxy groups -OCH3 is 1. The lowest BCUT2D eigenvalue weighted by Gasteiger charge is -2.27. The van der Waals surface area contributed by atoms with Crippen molar-refractivity contribution in [2.24, 2.45) is 0 Å². The Morgan fingerprint density at radius 1 is 1.17 bits per heavy atom. The van der Waals surface area contributed by atoms with E-state index >= 15 is 0 Å². The van der Waals surface area contributed by atoms with Crippen LogP contribution in [0.5, 0.6) is 5.75 Å². The molecule has 2 heterocycles. The summed E-state index contributed by atoms with van der Waals surface area (Å²) in [5, 5.41) is 13.4. The van der Waals surface area contributed by atoms with E-state index in [1.54, 1.807) is 35.2 Å². The zero-order chi connectivity index (χ0) is 25.1. The molecule has 0 saturated heterocycles. The fourth-order valence-corrected chi connectivity index (χ4v) is 5.60. The predicted octanol–water partition coefficient (Wildman–Crippen LogP) is 5.51. The topological polar surface area (TPSA) is 95.9 Å². The van der Waals surface area contributed by atoms with Gasteiger partial charge in [-0.05, 0) is 54.3 Å². The van der Waals surface area contributed by atoms with Crippen LogP contribution in [0.3, 0.4) is 0 Å². The lowest BCUT2D eigenvalue weighted by Crippen LogP contribution is -2.35. The number of carbonyl (C=O) groups excluding carboxylic acids is 2. The van der Waals surface area contributed by atoms with E-state index in [4.69, 9.17) is 16.3 Å². The minimum atomic E-state index is -1.10. The molecule has 0 saturated carbocycles. The number of anilines is 1. The number of rotatable bonds is 7. The molecule has 2 N–H and O–H groups in total. The van der Waals surface area contributed by atoms with Crippen molar-refractivity contribution >= 4 is 45.7 Å². The Morgan fingerprint density at radius 2 is 1.91 bits per heavy atom. The van der Waals surface area contributed by atoms with Crippen molar-refractivity contribution in [2.75, 3.05) is 19.0 Å². The van der Waals surface area contributed by atoms with Crippen LogP contribution in [0.25, 0.3) is 0 Å². The number of carboxylic acid groups (broad SMARTS) is 1. The third-order valence-corrected chi connectivity index (χ3v) is 7.30. The molecule has 2 aromatic carbocycles. The van der Waals surface area contributed by atoms with Crippen molar-refractivity contribution < 1.29 is 24.2 Å². The Morgan fingerprint density at radius 3 is 2.57 bits per heavy atom. The number of carbonyl (C=O) groups is 3. The van der Waals surface area contributed by atoms with Crippen LogP contribution in [0.4, 0.5) is 5.00 Å². The van der Waals surface area contributed by atoms with Gasteiger partial charge in [-0.2, -0.15) is 0 Å². The fourth-order valence-electron chi connectivity index (χ4n) is 4.19. The molecule has 0 bridgehead atoms. The molecular weight excluding hydrogens is 488 g/mol. The maximum atomic E-state index is 13.2. The van der Waals surface area contributed by atoms with Gasteiger partial charge in [0.05, 0.1) is 24.8 Å².